The lowest BCUT2D eigenvalue weighted by molar-refractivity contribution is 0.106. The van der Waals surface area contributed by atoms with Crippen LogP contribution in [0.2, 0.25) is 0 Å². The third-order valence-electron chi connectivity index (χ3n) is 2.64. The van der Waals surface area contributed by atoms with E-state index in [-0.39, 0.29) is 11.2 Å². The average Bonchev–Trinajstić information content (AvgIpc) is 2.77. The molecule has 1 aromatic carbocycles. The Morgan fingerprint density at radius 3 is 2.17 bits per heavy atom. The molecule has 96 valence electrons. The fourth-order valence-electron chi connectivity index (χ4n) is 1.56. The van der Waals surface area contributed by atoms with Gasteiger partial charge < -0.3 is 4.52 Å². The molecule has 1 heterocycles. The minimum Gasteiger partial charge on any atom is -0.333 e. The van der Waals surface area contributed by atoms with Crippen LogP contribution in [0.25, 0.3) is 11.4 Å². The fraction of sp³-hybridized carbons (Fsp3) is 0.385. The van der Waals surface area contributed by atoms with Gasteiger partial charge in [0, 0.05) is 5.56 Å². The number of hydrogen-bond acceptors (Lipinski definition) is 3. The summed E-state index contributed by atoms with van der Waals surface area (Å²) in [5, 5.41) is 3.53. The van der Waals surface area contributed by atoms with Crippen LogP contribution < -0.4 is 0 Å². The Morgan fingerprint density at radius 2 is 1.72 bits per heavy atom. The van der Waals surface area contributed by atoms with E-state index in [9.17, 15) is 8.78 Å². The van der Waals surface area contributed by atoms with Crippen molar-refractivity contribution < 1.29 is 13.3 Å². The maximum atomic E-state index is 12.3. The van der Waals surface area contributed by atoms with Crippen molar-refractivity contribution in [3.05, 3.63) is 35.7 Å². The molecule has 0 saturated carbocycles. The first-order valence-electron chi connectivity index (χ1n) is 5.60. The summed E-state index contributed by atoms with van der Waals surface area (Å²) in [5.41, 5.74) is 1.87. The number of aromatic nitrogens is 2. The molecule has 0 saturated heterocycles. The Hall–Kier alpha value is -1.78. The number of alkyl halides is 2. The van der Waals surface area contributed by atoms with Crippen LogP contribution in [0, 0.1) is 0 Å². The molecule has 1 aromatic heterocycles. The smallest absolute Gasteiger partial charge is 0.315 e. The number of benzene rings is 1. The van der Waals surface area contributed by atoms with E-state index in [1.165, 1.54) is 0 Å². The zero-order chi connectivity index (χ0) is 13.3. The summed E-state index contributed by atoms with van der Waals surface area (Å²) < 4.78 is 29.1. The van der Waals surface area contributed by atoms with Crippen molar-refractivity contribution in [2.75, 3.05) is 0 Å². The maximum absolute atomic E-state index is 12.3. The van der Waals surface area contributed by atoms with E-state index < -0.39 is 12.3 Å². The molecule has 0 atom stereocenters. The van der Waals surface area contributed by atoms with Crippen molar-refractivity contribution >= 4 is 0 Å². The van der Waals surface area contributed by atoms with E-state index in [1.54, 1.807) is 12.1 Å². The Balaban J connectivity index is 2.29. The Kier molecular flexibility index (Phi) is 3.15. The molecule has 5 heteroatoms. The van der Waals surface area contributed by atoms with E-state index >= 15 is 0 Å². The monoisotopic (exact) mass is 252 g/mol. The minimum absolute atomic E-state index is 0.0456. The van der Waals surface area contributed by atoms with Gasteiger partial charge in [-0.25, -0.2) is 0 Å². The lowest BCUT2D eigenvalue weighted by Gasteiger charge is -2.18. The third kappa shape index (κ3) is 2.55. The summed E-state index contributed by atoms with van der Waals surface area (Å²) in [6.07, 6.45) is -2.74. The van der Waals surface area contributed by atoms with Gasteiger partial charge in [0.25, 0.3) is 5.89 Å². The number of nitrogens with zero attached hydrogens (tertiary/aromatic N) is 2. The van der Waals surface area contributed by atoms with Crippen LogP contribution in [0.15, 0.2) is 28.8 Å². The molecule has 0 aliphatic heterocycles. The molecule has 0 aliphatic rings. The fourth-order valence-corrected chi connectivity index (χ4v) is 1.56. The highest BCUT2D eigenvalue weighted by molar-refractivity contribution is 5.55. The van der Waals surface area contributed by atoms with Gasteiger partial charge in [0.2, 0.25) is 5.82 Å². The Morgan fingerprint density at radius 1 is 1.11 bits per heavy atom. The second-order valence-electron chi connectivity index (χ2n) is 5.08. The van der Waals surface area contributed by atoms with Gasteiger partial charge in [-0.1, -0.05) is 50.2 Å². The third-order valence-corrected chi connectivity index (χ3v) is 2.64. The summed E-state index contributed by atoms with van der Waals surface area (Å²) >= 11 is 0. The van der Waals surface area contributed by atoms with Crippen LogP contribution in [0.4, 0.5) is 8.78 Å². The van der Waals surface area contributed by atoms with Gasteiger partial charge in [-0.05, 0) is 11.0 Å². The lowest BCUT2D eigenvalue weighted by Crippen LogP contribution is -2.10. The molecule has 0 fully saturated rings. The molecule has 2 rings (SSSR count). The second-order valence-corrected chi connectivity index (χ2v) is 5.08. The van der Waals surface area contributed by atoms with Gasteiger partial charge in [-0.15, -0.1) is 0 Å². The van der Waals surface area contributed by atoms with Crippen LogP contribution in [0.5, 0.6) is 0 Å². The van der Waals surface area contributed by atoms with Gasteiger partial charge in [-0.3, -0.25) is 0 Å². The van der Waals surface area contributed by atoms with Gasteiger partial charge in [-0.2, -0.15) is 13.8 Å². The molecule has 3 nitrogen and oxygen atoms in total. The molecule has 0 bridgehead atoms. The largest absolute Gasteiger partial charge is 0.333 e. The highest BCUT2D eigenvalue weighted by atomic mass is 19.3. The Labute approximate surface area is 104 Å². The molecule has 2 aromatic rings. The van der Waals surface area contributed by atoms with Crippen LogP contribution >= 0.6 is 0 Å². The van der Waals surface area contributed by atoms with E-state index in [2.05, 4.69) is 35.4 Å². The molecular weight excluding hydrogens is 238 g/mol. The first-order valence-corrected chi connectivity index (χ1v) is 5.60. The van der Waals surface area contributed by atoms with Crippen molar-refractivity contribution in [2.45, 2.75) is 32.6 Å². The second kappa shape index (κ2) is 4.48. The first-order chi connectivity index (χ1) is 8.38. The van der Waals surface area contributed by atoms with Crippen LogP contribution in [-0.2, 0) is 5.41 Å². The number of hydrogen-bond donors (Lipinski definition) is 0. The van der Waals surface area contributed by atoms with Gasteiger partial charge >= 0.3 is 6.43 Å². The van der Waals surface area contributed by atoms with Gasteiger partial charge in [0.05, 0.1) is 0 Å². The summed E-state index contributed by atoms with van der Waals surface area (Å²) in [4.78, 5) is 3.64. The van der Waals surface area contributed by atoms with Crippen molar-refractivity contribution in [3.8, 4) is 11.4 Å². The van der Waals surface area contributed by atoms with Crippen LogP contribution in [-0.4, -0.2) is 10.1 Å². The molecule has 0 radical (unpaired) electrons. The summed E-state index contributed by atoms with van der Waals surface area (Å²) in [6.45, 7) is 6.31. The summed E-state index contributed by atoms with van der Waals surface area (Å²) in [5.74, 6) is -0.462. The highest BCUT2D eigenvalue weighted by Gasteiger charge is 2.18. The summed E-state index contributed by atoms with van der Waals surface area (Å²) in [6, 6.07) is 7.49. The van der Waals surface area contributed by atoms with Crippen LogP contribution in [0.1, 0.15) is 38.7 Å². The average molecular weight is 252 g/mol. The van der Waals surface area contributed by atoms with Crippen molar-refractivity contribution in [1.29, 1.82) is 0 Å². The molecule has 0 amide bonds. The highest BCUT2D eigenvalue weighted by Crippen LogP contribution is 2.26. The number of halogens is 2. The quantitative estimate of drug-likeness (QED) is 0.811. The first kappa shape index (κ1) is 12.7. The Bertz CT molecular complexity index is 527. The SMILES string of the molecule is CC(C)(C)c1ccc(-c2noc(C(F)F)n2)cc1. The van der Waals surface area contributed by atoms with Crippen molar-refractivity contribution in [3.63, 3.8) is 0 Å². The molecule has 0 aliphatic carbocycles. The normalized spacial score (nSPS) is 12.1. The topological polar surface area (TPSA) is 38.9 Å². The molecule has 0 spiro atoms. The van der Waals surface area contributed by atoms with Crippen molar-refractivity contribution in [1.82, 2.24) is 10.1 Å². The predicted octanol–water partition coefficient (Wildman–Crippen LogP) is 3.97. The molecule has 0 unspecified atom stereocenters. The lowest BCUT2D eigenvalue weighted by atomic mass is 9.87. The standard InChI is InChI=1S/C13H14F2N2O/c1-13(2,3)9-6-4-8(5-7-9)11-16-12(10(14)15)18-17-11/h4-7,10H,1-3H3. The number of rotatable bonds is 2. The molecular formula is C13H14F2N2O. The molecule has 0 N–H and O–H groups in total. The molecule has 18 heavy (non-hydrogen) atoms. The van der Waals surface area contributed by atoms with Crippen molar-refractivity contribution in [2.24, 2.45) is 0 Å². The minimum atomic E-state index is -2.74. The van der Waals surface area contributed by atoms with Crippen LogP contribution in [0.3, 0.4) is 0 Å². The maximum Gasteiger partial charge on any atom is 0.315 e. The van der Waals surface area contributed by atoms with E-state index in [1.807, 2.05) is 12.1 Å². The summed E-state index contributed by atoms with van der Waals surface area (Å²) in [7, 11) is 0. The van der Waals surface area contributed by atoms with Gasteiger partial charge in [0.15, 0.2) is 0 Å². The zero-order valence-corrected chi connectivity index (χ0v) is 10.4. The van der Waals surface area contributed by atoms with Gasteiger partial charge in [0.1, 0.15) is 0 Å². The van der Waals surface area contributed by atoms with E-state index in [0.717, 1.165) is 5.56 Å². The van der Waals surface area contributed by atoms with E-state index in [0.29, 0.717) is 5.56 Å². The zero-order valence-electron chi connectivity index (χ0n) is 10.4. The predicted molar refractivity (Wildman–Crippen MR) is 63.4 cm³/mol. The van der Waals surface area contributed by atoms with E-state index in [4.69, 9.17) is 0 Å².